The summed E-state index contributed by atoms with van der Waals surface area (Å²) in [6, 6.07) is 14.9. The summed E-state index contributed by atoms with van der Waals surface area (Å²) in [5.41, 5.74) is 3.64. The maximum absolute atomic E-state index is 12.7. The standard InChI is InChI=1S/C23H28N4O3/c28-19-11-9-18(10-12-19)25-23(30)27-14-13-20-16(15-27)5-4-8-21(20)26-22(29)24-17-6-2-1-3-7-17/h1-8,18-19,28H,9-15H2,(H,25,30)(H2,24,26,29). The van der Waals surface area contributed by atoms with E-state index in [1.165, 1.54) is 0 Å². The monoisotopic (exact) mass is 408 g/mol. The summed E-state index contributed by atoms with van der Waals surface area (Å²) in [5.74, 6) is 0. The fourth-order valence-corrected chi connectivity index (χ4v) is 4.19. The summed E-state index contributed by atoms with van der Waals surface area (Å²) in [6.07, 6.45) is 3.59. The molecule has 2 aromatic rings. The molecule has 4 N–H and O–H groups in total. The van der Waals surface area contributed by atoms with Gasteiger partial charge in [0.25, 0.3) is 0 Å². The van der Waals surface area contributed by atoms with Crippen molar-refractivity contribution in [2.24, 2.45) is 0 Å². The molecule has 0 spiro atoms. The van der Waals surface area contributed by atoms with Gasteiger partial charge in [-0.1, -0.05) is 30.3 Å². The lowest BCUT2D eigenvalue weighted by molar-refractivity contribution is 0.114. The normalized spacial score (nSPS) is 20.8. The van der Waals surface area contributed by atoms with Crippen molar-refractivity contribution in [3.63, 3.8) is 0 Å². The number of nitrogens with zero attached hydrogens (tertiary/aromatic N) is 1. The Kier molecular flexibility index (Phi) is 6.18. The summed E-state index contributed by atoms with van der Waals surface area (Å²) < 4.78 is 0. The Balaban J connectivity index is 1.36. The molecule has 7 nitrogen and oxygen atoms in total. The van der Waals surface area contributed by atoms with Crippen LogP contribution in [0.25, 0.3) is 0 Å². The molecular formula is C23H28N4O3. The highest BCUT2D eigenvalue weighted by molar-refractivity contribution is 6.00. The van der Waals surface area contributed by atoms with E-state index in [1.807, 2.05) is 53.4 Å². The maximum atomic E-state index is 12.7. The molecule has 4 rings (SSSR count). The lowest BCUT2D eigenvalue weighted by atomic mass is 9.93. The van der Waals surface area contributed by atoms with E-state index in [1.54, 1.807) is 0 Å². The molecule has 7 heteroatoms. The summed E-state index contributed by atoms with van der Waals surface area (Å²) in [6.45, 7) is 1.12. The van der Waals surface area contributed by atoms with Crippen LogP contribution in [0.2, 0.25) is 0 Å². The van der Waals surface area contributed by atoms with E-state index in [0.29, 0.717) is 19.5 Å². The lowest BCUT2D eigenvalue weighted by Gasteiger charge is -2.33. The first-order chi connectivity index (χ1) is 14.6. The average Bonchev–Trinajstić information content (AvgIpc) is 2.76. The predicted molar refractivity (Wildman–Crippen MR) is 116 cm³/mol. The fourth-order valence-electron chi connectivity index (χ4n) is 4.19. The van der Waals surface area contributed by atoms with Crippen LogP contribution in [0.4, 0.5) is 21.0 Å². The van der Waals surface area contributed by atoms with Crippen LogP contribution in [-0.4, -0.2) is 40.8 Å². The van der Waals surface area contributed by atoms with Crippen LogP contribution in [0, 0.1) is 0 Å². The summed E-state index contributed by atoms with van der Waals surface area (Å²) >= 11 is 0. The Labute approximate surface area is 176 Å². The van der Waals surface area contributed by atoms with Crippen molar-refractivity contribution < 1.29 is 14.7 Å². The molecule has 4 amide bonds. The van der Waals surface area contributed by atoms with Gasteiger partial charge in [0.2, 0.25) is 0 Å². The van der Waals surface area contributed by atoms with Crippen molar-refractivity contribution in [3.05, 3.63) is 59.7 Å². The van der Waals surface area contributed by atoms with Crippen LogP contribution in [0.15, 0.2) is 48.5 Å². The largest absolute Gasteiger partial charge is 0.393 e. The number of carbonyl (C=O) groups is 2. The van der Waals surface area contributed by atoms with Crippen LogP contribution in [0.3, 0.4) is 0 Å². The van der Waals surface area contributed by atoms with Crippen molar-refractivity contribution in [2.75, 3.05) is 17.2 Å². The van der Waals surface area contributed by atoms with Gasteiger partial charge in [-0.15, -0.1) is 0 Å². The van der Waals surface area contributed by atoms with E-state index in [-0.39, 0.29) is 24.2 Å². The van der Waals surface area contributed by atoms with E-state index in [0.717, 1.165) is 48.2 Å². The lowest BCUT2D eigenvalue weighted by Crippen LogP contribution is -2.48. The highest BCUT2D eigenvalue weighted by Crippen LogP contribution is 2.27. The number of hydrogen-bond acceptors (Lipinski definition) is 3. The Morgan fingerprint density at radius 1 is 0.933 bits per heavy atom. The van der Waals surface area contributed by atoms with Crippen molar-refractivity contribution >= 4 is 23.4 Å². The van der Waals surface area contributed by atoms with Crippen molar-refractivity contribution in [1.82, 2.24) is 10.2 Å². The second-order valence-corrected chi connectivity index (χ2v) is 8.01. The first-order valence-corrected chi connectivity index (χ1v) is 10.6. The van der Waals surface area contributed by atoms with Crippen LogP contribution in [0.1, 0.15) is 36.8 Å². The van der Waals surface area contributed by atoms with Gasteiger partial charge in [-0.2, -0.15) is 0 Å². The Hall–Kier alpha value is -3.06. The van der Waals surface area contributed by atoms with Gasteiger partial charge in [0.1, 0.15) is 0 Å². The Bertz CT molecular complexity index is 895. The first kappa shape index (κ1) is 20.2. The number of aliphatic hydroxyl groups is 1. The number of benzene rings is 2. The minimum absolute atomic E-state index is 0.0535. The molecular weight excluding hydrogens is 380 g/mol. The molecule has 0 unspecified atom stereocenters. The number of rotatable bonds is 3. The summed E-state index contributed by atoms with van der Waals surface area (Å²) in [4.78, 5) is 26.9. The van der Waals surface area contributed by atoms with Gasteiger partial charge in [0.05, 0.1) is 6.10 Å². The summed E-state index contributed by atoms with van der Waals surface area (Å²) in [5, 5.41) is 18.5. The molecule has 158 valence electrons. The Morgan fingerprint density at radius 2 is 1.70 bits per heavy atom. The zero-order valence-corrected chi connectivity index (χ0v) is 16.9. The number of urea groups is 2. The highest BCUT2D eigenvalue weighted by atomic mass is 16.3. The average molecular weight is 409 g/mol. The molecule has 1 aliphatic carbocycles. The van der Waals surface area contributed by atoms with Gasteiger partial charge in [-0.25, -0.2) is 9.59 Å². The minimum atomic E-state index is -0.283. The van der Waals surface area contributed by atoms with Gasteiger partial charge >= 0.3 is 12.1 Å². The zero-order chi connectivity index (χ0) is 20.9. The molecule has 1 heterocycles. The molecule has 1 aliphatic heterocycles. The minimum Gasteiger partial charge on any atom is -0.393 e. The van der Waals surface area contributed by atoms with E-state index in [4.69, 9.17) is 0 Å². The zero-order valence-electron chi connectivity index (χ0n) is 16.9. The van der Waals surface area contributed by atoms with Crippen molar-refractivity contribution in [2.45, 2.75) is 50.8 Å². The predicted octanol–water partition coefficient (Wildman–Crippen LogP) is 3.70. The number of hydrogen-bond donors (Lipinski definition) is 4. The molecule has 0 aromatic heterocycles. The molecule has 0 atom stereocenters. The molecule has 0 saturated heterocycles. The molecule has 2 aliphatic rings. The number of aliphatic hydroxyl groups excluding tert-OH is 1. The van der Waals surface area contributed by atoms with E-state index >= 15 is 0 Å². The number of anilines is 2. The second-order valence-electron chi connectivity index (χ2n) is 8.01. The van der Waals surface area contributed by atoms with E-state index in [9.17, 15) is 14.7 Å². The Morgan fingerprint density at radius 3 is 2.47 bits per heavy atom. The SMILES string of the molecule is O=C(Nc1ccccc1)Nc1cccc2c1CCN(C(=O)NC1CCC(O)CC1)C2. The second kappa shape index (κ2) is 9.17. The summed E-state index contributed by atoms with van der Waals surface area (Å²) in [7, 11) is 0. The molecule has 30 heavy (non-hydrogen) atoms. The number of para-hydroxylation sites is 1. The topological polar surface area (TPSA) is 93.7 Å². The maximum Gasteiger partial charge on any atom is 0.323 e. The van der Waals surface area contributed by atoms with Crippen LogP contribution < -0.4 is 16.0 Å². The number of amides is 4. The van der Waals surface area contributed by atoms with Crippen LogP contribution >= 0.6 is 0 Å². The van der Waals surface area contributed by atoms with Gasteiger partial charge < -0.3 is 26.0 Å². The van der Waals surface area contributed by atoms with Crippen LogP contribution in [-0.2, 0) is 13.0 Å². The van der Waals surface area contributed by atoms with Gasteiger partial charge in [0.15, 0.2) is 0 Å². The third-order valence-corrected chi connectivity index (χ3v) is 5.86. The highest BCUT2D eigenvalue weighted by Gasteiger charge is 2.26. The number of nitrogens with one attached hydrogen (secondary N) is 3. The molecule has 1 saturated carbocycles. The quantitative estimate of drug-likeness (QED) is 0.624. The molecule has 1 fully saturated rings. The van der Waals surface area contributed by atoms with Crippen LogP contribution in [0.5, 0.6) is 0 Å². The van der Waals surface area contributed by atoms with Crippen molar-refractivity contribution in [1.29, 1.82) is 0 Å². The van der Waals surface area contributed by atoms with Crippen molar-refractivity contribution in [3.8, 4) is 0 Å². The van der Waals surface area contributed by atoms with Gasteiger partial charge in [0, 0.05) is 30.5 Å². The van der Waals surface area contributed by atoms with E-state index < -0.39 is 0 Å². The van der Waals surface area contributed by atoms with Gasteiger partial charge in [-0.3, -0.25) is 0 Å². The number of fused-ring (bicyclic) bond motifs is 1. The third-order valence-electron chi connectivity index (χ3n) is 5.86. The first-order valence-electron chi connectivity index (χ1n) is 10.6. The fraction of sp³-hybridized carbons (Fsp3) is 0.391. The number of carbonyl (C=O) groups excluding carboxylic acids is 2. The third kappa shape index (κ3) is 4.91. The molecule has 2 aromatic carbocycles. The van der Waals surface area contributed by atoms with Gasteiger partial charge in [-0.05, 0) is 61.4 Å². The van der Waals surface area contributed by atoms with E-state index in [2.05, 4.69) is 16.0 Å². The molecule has 0 radical (unpaired) electrons. The smallest absolute Gasteiger partial charge is 0.323 e. The molecule has 0 bridgehead atoms.